The minimum Gasteiger partial charge on any atom is -0.497 e. The second-order valence-electron chi connectivity index (χ2n) is 7.69. The van der Waals surface area contributed by atoms with E-state index in [1.54, 1.807) is 25.4 Å². The molecule has 0 N–H and O–H groups in total. The summed E-state index contributed by atoms with van der Waals surface area (Å²) >= 11 is 0. The Hall–Kier alpha value is -3.60. The van der Waals surface area contributed by atoms with E-state index >= 15 is 0 Å². The molecule has 1 amide bonds. The van der Waals surface area contributed by atoms with Crippen LogP contribution in [0.5, 0.6) is 5.75 Å². The van der Waals surface area contributed by atoms with Gasteiger partial charge in [0.05, 0.1) is 19.7 Å². The number of benzene rings is 1. The third-order valence-electron chi connectivity index (χ3n) is 5.41. The second-order valence-corrected chi connectivity index (χ2v) is 7.69. The number of pyridine rings is 1. The first-order valence-electron chi connectivity index (χ1n) is 10.1. The van der Waals surface area contributed by atoms with Crippen molar-refractivity contribution in [2.45, 2.75) is 37.6 Å². The van der Waals surface area contributed by atoms with Gasteiger partial charge in [0, 0.05) is 37.2 Å². The number of ether oxygens (including phenoxy) is 1. The molecule has 2 aromatic rings. The number of allylic oxidation sites excluding steroid dienone is 1. The first-order valence-corrected chi connectivity index (χ1v) is 10.1. The van der Waals surface area contributed by atoms with Crippen molar-refractivity contribution < 1.29 is 23.1 Å². The maximum Gasteiger partial charge on any atom is 0.268 e. The van der Waals surface area contributed by atoms with Gasteiger partial charge in [-0.15, -0.1) is 0 Å². The Morgan fingerprint density at radius 3 is 2.66 bits per heavy atom. The quantitative estimate of drug-likeness (QED) is 0.579. The van der Waals surface area contributed by atoms with Crippen LogP contribution in [0.2, 0.25) is 0 Å². The van der Waals surface area contributed by atoms with Gasteiger partial charge in [-0.3, -0.25) is 14.6 Å². The highest BCUT2D eigenvalue weighted by molar-refractivity contribution is 5.99. The van der Waals surface area contributed by atoms with Gasteiger partial charge in [0.2, 0.25) is 5.91 Å². The SMILES string of the molecule is C=C(Cc1cnccc1C(=O)CCC(=O)N1CC(F)(F)C[C@H]1C#N)c1ccc(OC)cc1. The number of Topliss-reactive ketones (excluding diaryl/α,β-unsaturated/α-hetero) is 1. The summed E-state index contributed by atoms with van der Waals surface area (Å²) in [7, 11) is 1.58. The Kier molecular flexibility index (Phi) is 6.98. The molecule has 1 aromatic heterocycles. The number of amides is 1. The number of ketones is 1. The number of methoxy groups -OCH3 is 1. The van der Waals surface area contributed by atoms with E-state index in [0.29, 0.717) is 17.5 Å². The Morgan fingerprint density at radius 2 is 2.00 bits per heavy atom. The molecular weight excluding hydrogens is 416 g/mol. The number of aromatic nitrogens is 1. The second kappa shape index (κ2) is 9.69. The number of nitriles is 1. The van der Waals surface area contributed by atoms with Crippen molar-refractivity contribution in [2.24, 2.45) is 0 Å². The Labute approximate surface area is 185 Å². The number of alkyl halides is 2. The topological polar surface area (TPSA) is 83.3 Å². The lowest BCUT2D eigenvalue weighted by Crippen LogP contribution is -2.36. The molecule has 0 bridgehead atoms. The predicted molar refractivity (Wildman–Crippen MR) is 114 cm³/mol. The van der Waals surface area contributed by atoms with Crippen LogP contribution in [-0.4, -0.2) is 47.2 Å². The minimum atomic E-state index is -3.08. The zero-order valence-electron chi connectivity index (χ0n) is 17.7. The molecule has 6 nitrogen and oxygen atoms in total. The Balaban J connectivity index is 1.66. The predicted octanol–water partition coefficient (Wildman–Crippen LogP) is 4.07. The van der Waals surface area contributed by atoms with Crippen LogP contribution in [-0.2, 0) is 11.2 Å². The van der Waals surface area contributed by atoms with Crippen molar-refractivity contribution in [3.8, 4) is 11.8 Å². The molecule has 0 aliphatic carbocycles. The number of hydrogen-bond acceptors (Lipinski definition) is 5. The molecule has 1 fully saturated rings. The summed E-state index contributed by atoms with van der Waals surface area (Å²) in [5, 5.41) is 9.05. The van der Waals surface area contributed by atoms with E-state index in [0.717, 1.165) is 21.8 Å². The summed E-state index contributed by atoms with van der Waals surface area (Å²) in [6, 6.07) is 9.52. The molecule has 1 atom stereocenters. The van der Waals surface area contributed by atoms with Crippen LogP contribution in [0, 0.1) is 11.3 Å². The zero-order chi connectivity index (χ0) is 23.3. The smallest absolute Gasteiger partial charge is 0.268 e. The van der Waals surface area contributed by atoms with Crippen LogP contribution >= 0.6 is 0 Å². The van der Waals surface area contributed by atoms with E-state index < -0.39 is 30.8 Å². The molecule has 1 aliphatic rings. The molecule has 1 aromatic carbocycles. The summed E-state index contributed by atoms with van der Waals surface area (Å²) in [6.45, 7) is 3.30. The molecule has 3 rings (SSSR count). The van der Waals surface area contributed by atoms with Crippen molar-refractivity contribution in [2.75, 3.05) is 13.7 Å². The molecule has 2 heterocycles. The Morgan fingerprint density at radius 1 is 1.28 bits per heavy atom. The first-order chi connectivity index (χ1) is 15.2. The first kappa shape index (κ1) is 23.1. The van der Waals surface area contributed by atoms with Gasteiger partial charge in [-0.2, -0.15) is 5.26 Å². The maximum atomic E-state index is 13.6. The number of carbonyl (C=O) groups is 2. The average Bonchev–Trinajstić information content (AvgIpc) is 3.12. The fourth-order valence-electron chi connectivity index (χ4n) is 3.69. The zero-order valence-corrected chi connectivity index (χ0v) is 17.7. The summed E-state index contributed by atoms with van der Waals surface area (Å²) in [5.41, 5.74) is 2.74. The van der Waals surface area contributed by atoms with Gasteiger partial charge < -0.3 is 9.64 Å². The fraction of sp³-hybridized carbons (Fsp3) is 0.333. The molecule has 166 valence electrons. The normalized spacial score (nSPS) is 16.9. The monoisotopic (exact) mass is 439 g/mol. The Bertz CT molecular complexity index is 1060. The van der Waals surface area contributed by atoms with Crippen LogP contribution in [0.25, 0.3) is 5.57 Å². The lowest BCUT2D eigenvalue weighted by atomic mass is 9.95. The highest BCUT2D eigenvalue weighted by atomic mass is 19.3. The molecule has 0 spiro atoms. The third kappa shape index (κ3) is 5.35. The molecule has 0 saturated carbocycles. The number of halogens is 2. The summed E-state index contributed by atoms with van der Waals surface area (Å²) in [6.07, 6.45) is 2.38. The molecular formula is C24H23F2N3O3. The van der Waals surface area contributed by atoms with Gasteiger partial charge >= 0.3 is 0 Å². The van der Waals surface area contributed by atoms with Crippen LogP contribution < -0.4 is 4.74 Å². The molecule has 8 heteroatoms. The van der Waals surface area contributed by atoms with E-state index in [1.807, 2.05) is 24.3 Å². The van der Waals surface area contributed by atoms with E-state index in [4.69, 9.17) is 10.00 Å². The highest BCUT2D eigenvalue weighted by Gasteiger charge is 2.47. The lowest BCUT2D eigenvalue weighted by molar-refractivity contribution is -0.132. The number of rotatable bonds is 8. The van der Waals surface area contributed by atoms with Gasteiger partial charge in [0.15, 0.2) is 5.78 Å². The molecule has 0 radical (unpaired) electrons. The van der Waals surface area contributed by atoms with Crippen molar-refractivity contribution in [1.29, 1.82) is 5.26 Å². The number of nitrogens with zero attached hydrogens (tertiary/aromatic N) is 3. The van der Waals surface area contributed by atoms with Gasteiger partial charge in [0.25, 0.3) is 5.92 Å². The third-order valence-corrected chi connectivity index (χ3v) is 5.41. The van der Waals surface area contributed by atoms with E-state index in [1.165, 1.54) is 6.20 Å². The van der Waals surface area contributed by atoms with Crippen molar-refractivity contribution in [3.05, 3.63) is 66.0 Å². The standard InChI is InChI=1S/C24H23F2N3O3/c1-16(17-3-5-20(32-2)6-4-17)11-18-14-28-10-9-21(18)22(30)7-8-23(31)29-15-24(25,26)12-19(29)13-27/h3-6,9-10,14,19H,1,7-8,11-12,15H2,2H3/t19-/m0/s1. The largest absolute Gasteiger partial charge is 0.497 e. The summed E-state index contributed by atoms with van der Waals surface area (Å²) < 4.78 is 32.3. The highest BCUT2D eigenvalue weighted by Crippen LogP contribution is 2.32. The lowest BCUT2D eigenvalue weighted by Gasteiger charge is -2.19. The number of carbonyl (C=O) groups excluding carboxylic acids is 2. The van der Waals surface area contributed by atoms with Crippen molar-refractivity contribution in [3.63, 3.8) is 0 Å². The average molecular weight is 439 g/mol. The van der Waals surface area contributed by atoms with E-state index in [9.17, 15) is 18.4 Å². The van der Waals surface area contributed by atoms with Crippen LogP contribution in [0.4, 0.5) is 8.78 Å². The molecule has 1 saturated heterocycles. The van der Waals surface area contributed by atoms with Crippen LogP contribution in [0.3, 0.4) is 0 Å². The molecule has 1 aliphatic heterocycles. The number of hydrogen-bond donors (Lipinski definition) is 0. The van der Waals surface area contributed by atoms with Gasteiger partial charge in [-0.1, -0.05) is 18.7 Å². The fourth-order valence-corrected chi connectivity index (χ4v) is 3.69. The summed E-state index contributed by atoms with van der Waals surface area (Å²) in [4.78, 5) is 30.2. The summed E-state index contributed by atoms with van der Waals surface area (Å²) in [5.74, 6) is -3.28. The van der Waals surface area contributed by atoms with Gasteiger partial charge in [0.1, 0.15) is 11.8 Å². The molecule has 32 heavy (non-hydrogen) atoms. The van der Waals surface area contributed by atoms with Crippen LogP contribution in [0.15, 0.2) is 49.3 Å². The minimum absolute atomic E-state index is 0.148. The van der Waals surface area contributed by atoms with E-state index in [2.05, 4.69) is 11.6 Å². The van der Waals surface area contributed by atoms with Crippen molar-refractivity contribution >= 4 is 17.3 Å². The number of likely N-dealkylation sites (tertiary alicyclic amines) is 1. The van der Waals surface area contributed by atoms with Gasteiger partial charge in [-0.25, -0.2) is 8.78 Å². The van der Waals surface area contributed by atoms with Crippen LogP contribution in [0.1, 0.15) is 40.7 Å². The van der Waals surface area contributed by atoms with Crippen molar-refractivity contribution in [1.82, 2.24) is 9.88 Å². The van der Waals surface area contributed by atoms with Gasteiger partial charge in [-0.05, 0) is 41.3 Å². The maximum absolute atomic E-state index is 13.6. The molecule has 0 unspecified atom stereocenters. The van der Waals surface area contributed by atoms with E-state index in [-0.39, 0.29) is 18.6 Å².